The molecule has 5 nitrogen and oxygen atoms in total. The smallest absolute Gasteiger partial charge is 0.320 e. The van der Waals surface area contributed by atoms with E-state index in [-0.39, 0.29) is 6.04 Å². The first-order valence-electron chi connectivity index (χ1n) is 5.61. The van der Waals surface area contributed by atoms with Crippen LogP contribution in [0.5, 0.6) is 0 Å². The fourth-order valence-corrected chi connectivity index (χ4v) is 2.18. The van der Waals surface area contributed by atoms with Crippen LogP contribution in [0.4, 0.5) is 0 Å². The molecule has 2 rings (SSSR count). The van der Waals surface area contributed by atoms with Crippen molar-refractivity contribution in [3.05, 3.63) is 18.0 Å². The summed E-state index contributed by atoms with van der Waals surface area (Å²) >= 11 is 0. The van der Waals surface area contributed by atoms with Crippen molar-refractivity contribution >= 4 is 5.97 Å². The summed E-state index contributed by atoms with van der Waals surface area (Å²) < 4.78 is 1.79. The van der Waals surface area contributed by atoms with Crippen molar-refractivity contribution < 1.29 is 9.90 Å². The number of hydrogen-bond donors (Lipinski definition) is 2. The van der Waals surface area contributed by atoms with E-state index in [1.54, 1.807) is 4.68 Å². The predicted octanol–water partition coefficient (Wildman–Crippen LogP) is 0.558. The lowest BCUT2D eigenvalue weighted by molar-refractivity contribution is -0.139. The van der Waals surface area contributed by atoms with Crippen molar-refractivity contribution in [2.24, 2.45) is 7.05 Å². The summed E-state index contributed by atoms with van der Waals surface area (Å²) in [7, 11) is 1.90. The molecule has 88 valence electrons. The van der Waals surface area contributed by atoms with Crippen molar-refractivity contribution in [3.63, 3.8) is 0 Å². The number of rotatable bonds is 4. The molecule has 0 amide bonds. The monoisotopic (exact) mass is 223 g/mol. The Morgan fingerprint density at radius 2 is 2.50 bits per heavy atom. The summed E-state index contributed by atoms with van der Waals surface area (Å²) in [5, 5.41) is 16.1. The van der Waals surface area contributed by atoms with Crippen molar-refractivity contribution in [2.75, 3.05) is 0 Å². The Kier molecular flexibility index (Phi) is 3.24. The molecule has 0 bridgehead atoms. The molecule has 0 aromatic carbocycles. The standard InChI is InChI=1S/C11H17N3O2/c1-14-7-8(6-12-14)2-3-9-4-5-10(13-9)11(15)16/h6-7,9-10,13H,2-5H2,1H3,(H,15,16). The van der Waals surface area contributed by atoms with Crippen LogP contribution in [0.1, 0.15) is 24.8 Å². The van der Waals surface area contributed by atoms with Gasteiger partial charge in [0, 0.05) is 19.3 Å². The number of nitrogens with zero attached hydrogens (tertiary/aromatic N) is 2. The van der Waals surface area contributed by atoms with Crippen LogP contribution in [-0.2, 0) is 18.3 Å². The molecule has 2 N–H and O–H groups in total. The van der Waals surface area contributed by atoms with Gasteiger partial charge in [0.05, 0.1) is 6.20 Å². The van der Waals surface area contributed by atoms with E-state index in [2.05, 4.69) is 10.4 Å². The van der Waals surface area contributed by atoms with E-state index in [1.807, 2.05) is 19.4 Å². The summed E-state index contributed by atoms with van der Waals surface area (Å²) in [6.07, 6.45) is 7.50. The second kappa shape index (κ2) is 4.65. The highest BCUT2D eigenvalue weighted by Crippen LogP contribution is 2.17. The Hall–Kier alpha value is -1.36. The Morgan fingerprint density at radius 1 is 1.69 bits per heavy atom. The van der Waals surface area contributed by atoms with E-state index >= 15 is 0 Å². The number of hydrogen-bond acceptors (Lipinski definition) is 3. The first kappa shape index (κ1) is 11.1. The number of aromatic nitrogens is 2. The average Bonchev–Trinajstić information content (AvgIpc) is 2.83. The summed E-state index contributed by atoms with van der Waals surface area (Å²) in [5.74, 6) is -0.733. The number of carboxylic acids is 1. The predicted molar refractivity (Wildman–Crippen MR) is 59.1 cm³/mol. The van der Waals surface area contributed by atoms with Gasteiger partial charge in [0.25, 0.3) is 0 Å². The molecule has 1 aromatic heterocycles. The van der Waals surface area contributed by atoms with E-state index in [1.165, 1.54) is 5.56 Å². The van der Waals surface area contributed by atoms with Crippen LogP contribution in [0.3, 0.4) is 0 Å². The zero-order valence-electron chi connectivity index (χ0n) is 9.39. The van der Waals surface area contributed by atoms with Gasteiger partial charge < -0.3 is 10.4 Å². The molecule has 0 aliphatic carbocycles. The van der Waals surface area contributed by atoms with Crippen LogP contribution in [-0.4, -0.2) is 32.9 Å². The molecule has 1 saturated heterocycles. The summed E-state index contributed by atoms with van der Waals surface area (Å²) in [5.41, 5.74) is 1.21. The van der Waals surface area contributed by atoms with E-state index < -0.39 is 5.97 Å². The fraction of sp³-hybridized carbons (Fsp3) is 0.636. The molecule has 2 atom stereocenters. The normalized spacial score (nSPS) is 24.8. The minimum absolute atomic E-state index is 0.335. The molecule has 1 aliphatic rings. The number of aryl methyl sites for hydroxylation is 2. The van der Waals surface area contributed by atoms with E-state index in [0.29, 0.717) is 6.04 Å². The Bertz CT molecular complexity index is 375. The van der Waals surface area contributed by atoms with Crippen molar-refractivity contribution in [2.45, 2.75) is 37.8 Å². The van der Waals surface area contributed by atoms with Crippen molar-refractivity contribution in [3.8, 4) is 0 Å². The van der Waals surface area contributed by atoms with E-state index in [0.717, 1.165) is 25.7 Å². The molecule has 5 heteroatoms. The molecule has 1 aliphatic heterocycles. The maximum atomic E-state index is 10.7. The topological polar surface area (TPSA) is 67.2 Å². The molecule has 0 saturated carbocycles. The minimum atomic E-state index is -0.733. The maximum absolute atomic E-state index is 10.7. The van der Waals surface area contributed by atoms with Gasteiger partial charge >= 0.3 is 5.97 Å². The Morgan fingerprint density at radius 3 is 3.06 bits per heavy atom. The zero-order chi connectivity index (χ0) is 11.5. The lowest BCUT2D eigenvalue weighted by Crippen LogP contribution is -2.35. The second-order valence-electron chi connectivity index (χ2n) is 4.39. The second-order valence-corrected chi connectivity index (χ2v) is 4.39. The highest BCUT2D eigenvalue weighted by atomic mass is 16.4. The van der Waals surface area contributed by atoms with Crippen LogP contribution in [0, 0.1) is 0 Å². The highest BCUT2D eigenvalue weighted by molar-refractivity contribution is 5.73. The summed E-state index contributed by atoms with van der Waals surface area (Å²) in [6, 6.07) is -0.0137. The van der Waals surface area contributed by atoms with E-state index in [4.69, 9.17) is 5.11 Å². The summed E-state index contributed by atoms with van der Waals surface area (Å²) in [6.45, 7) is 0. The van der Waals surface area contributed by atoms with Gasteiger partial charge in [-0.15, -0.1) is 0 Å². The first-order valence-corrected chi connectivity index (χ1v) is 5.61. The molecule has 1 fully saturated rings. The van der Waals surface area contributed by atoms with Gasteiger partial charge in [-0.05, 0) is 31.2 Å². The SMILES string of the molecule is Cn1cc(CCC2CCC(C(=O)O)N2)cn1. The molecule has 0 spiro atoms. The van der Waals surface area contributed by atoms with Gasteiger partial charge in [-0.2, -0.15) is 5.10 Å². The van der Waals surface area contributed by atoms with Gasteiger partial charge in [-0.1, -0.05) is 0 Å². The molecule has 2 heterocycles. The van der Waals surface area contributed by atoms with Crippen LogP contribution in [0.15, 0.2) is 12.4 Å². The quantitative estimate of drug-likeness (QED) is 0.782. The third kappa shape index (κ3) is 2.61. The average molecular weight is 223 g/mol. The number of carboxylic acid groups (broad SMARTS) is 1. The van der Waals surface area contributed by atoms with Gasteiger partial charge in [0.2, 0.25) is 0 Å². The van der Waals surface area contributed by atoms with Gasteiger partial charge in [0.15, 0.2) is 0 Å². The van der Waals surface area contributed by atoms with Crippen molar-refractivity contribution in [1.29, 1.82) is 0 Å². The van der Waals surface area contributed by atoms with Crippen LogP contribution < -0.4 is 5.32 Å². The van der Waals surface area contributed by atoms with Crippen LogP contribution >= 0.6 is 0 Å². The molecule has 16 heavy (non-hydrogen) atoms. The fourth-order valence-electron chi connectivity index (χ4n) is 2.18. The minimum Gasteiger partial charge on any atom is -0.480 e. The molecular weight excluding hydrogens is 206 g/mol. The van der Waals surface area contributed by atoms with Crippen LogP contribution in [0.25, 0.3) is 0 Å². The number of carbonyl (C=O) groups is 1. The molecule has 0 radical (unpaired) electrons. The molecule has 2 unspecified atom stereocenters. The third-order valence-electron chi connectivity index (χ3n) is 3.08. The number of aliphatic carboxylic acids is 1. The highest BCUT2D eigenvalue weighted by Gasteiger charge is 2.28. The number of nitrogens with one attached hydrogen (secondary N) is 1. The van der Waals surface area contributed by atoms with Gasteiger partial charge in [0.1, 0.15) is 6.04 Å². The lowest BCUT2D eigenvalue weighted by Gasteiger charge is -2.10. The summed E-state index contributed by atoms with van der Waals surface area (Å²) in [4.78, 5) is 10.7. The Balaban J connectivity index is 1.77. The molecule has 1 aromatic rings. The van der Waals surface area contributed by atoms with Crippen LogP contribution in [0.2, 0.25) is 0 Å². The molecular formula is C11H17N3O2. The van der Waals surface area contributed by atoms with Gasteiger partial charge in [-0.25, -0.2) is 0 Å². The first-order chi connectivity index (χ1) is 7.65. The van der Waals surface area contributed by atoms with E-state index in [9.17, 15) is 4.79 Å². The van der Waals surface area contributed by atoms with Crippen molar-refractivity contribution in [1.82, 2.24) is 15.1 Å². The lowest BCUT2D eigenvalue weighted by atomic mass is 10.1. The maximum Gasteiger partial charge on any atom is 0.320 e. The zero-order valence-corrected chi connectivity index (χ0v) is 9.39. The largest absolute Gasteiger partial charge is 0.480 e. The van der Waals surface area contributed by atoms with Gasteiger partial charge in [-0.3, -0.25) is 9.48 Å². The Labute approximate surface area is 94.5 Å². The third-order valence-corrected chi connectivity index (χ3v) is 3.08.